The number of hydrogen-bond donors (Lipinski definition) is 0. The standard InChI is InChI=1S/C23H36OSi/c1-6-23(24-25(3,4)5)16-14-21-20-12-11-17-9-7-8-10-18(17)19(20)13-15-22(21,23)2/h1,9,18-21H,7-8,10-16H2,2-5H3/t18-,19+,20+,21-,22-,23+/m0/s1. The normalized spacial score (nSPS) is 46.4. The van der Waals surface area contributed by atoms with E-state index in [1.165, 1.54) is 51.4 Å². The third-order valence-electron chi connectivity index (χ3n) is 8.21. The van der Waals surface area contributed by atoms with Gasteiger partial charge in [0.25, 0.3) is 0 Å². The first-order valence-electron chi connectivity index (χ1n) is 10.7. The molecule has 0 unspecified atom stereocenters. The van der Waals surface area contributed by atoms with Crippen molar-refractivity contribution in [3.8, 4) is 12.3 Å². The van der Waals surface area contributed by atoms with Crippen molar-refractivity contribution in [1.82, 2.24) is 0 Å². The first-order chi connectivity index (χ1) is 11.8. The maximum atomic E-state index is 6.79. The van der Waals surface area contributed by atoms with Crippen LogP contribution in [0.25, 0.3) is 0 Å². The molecule has 3 fully saturated rings. The molecular weight excluding hydrogens is 320 g/mol. The predicted molar refractivity (Wildman–Crippen MR) is 108 cm³/mol. The minimum Gasteiger partial charge on any atom is -0.401 e. The van der Waals surface area contributed by atoms with Gasteiger partial charge < -0.3 is 4.43 Å². The molecule has 25 heavy (non-hydrogen) atoms. The highest BCUT2D eigenvalue weighted by Crippen LogP contribution is 2.66. The fourth-order valence-electron chi connectivity index (χ4n) is 7.26. The summed E-state index contributed by atoms with van der Waals surface area (Å²) in [5, 5.41) is 0. The SMILES string of the molecule is C#C[C@@]1(O[Si](C)(C)C)CC[C@H]2[C@@H]3CCC4=CCCC[C@@H]4[C@H]3CC[C@@]21C. The van der Waals surface area contributed by atoms with E-state index in [4.69, 9.17) is 10.8 Å². The third kappa shape index (κ3) is 2.69. The van der Waals surface area contributed by atoms with Crippen LogP contribution in [0.4, 0.5) is 0 Å². The maximum absolute atomic E-state index is 6.79. The van der Waals surface area contributed by atoms with E-state index in [2.05, 4.69) is 38.6 Å². The van der Waals surface area contributed by atoms with E-state index in [-0.39, 0.29) is 11.0 Å². The summed E-state index contributed by atoms with van der Waals surface area (Å²) in [6.07, 6.45) is 20.7. The van der Waals surface area contributed by atoms with E-state index in [1.807, 2.05) is 5.57 Å². The Kier molecular flexibility index (Phi) is 4.29. The summed E-state index contributed by atoms with van der Waals surface area (Å²) in [7, 11) is -1.66. The predicted octanol–water partition coefficient (Wildman–Crippen LogP) is 6.17. The fraction of sp³-hybridized carbons (Fsp3) is 0.826. The molecule has 6 atom stereocenters. The van der Waals surface area contributed by atoms with Crippen LogP contribution in [-0.4, -0.2) is 13.9 Å². The Morgan fingerprint density at radius 2 is 1.92 bits per heavy atom. The molecule has 4 aliphatic rings. The van der Waals surface area contributed by atoms with Crippen molar-refractivity contribution in [3.05, 3.63) is 11.6 Å². The molecule has 3 saturated carbocycles. The lowest BCUT2D eigenvalue weighted by Crippen LogP contribution is -2.55. The van der Waals surface area contributed by atoms with Gasteiger partial charge in [-0.2, -0.15) is 0 Å². The molecule has 138 valence electrons. The average Bonchev–Trinajstić information content (AvgIpc) is 2.86. The molecule has 0 N–H and O–H groups in total. The quantitative estimate of drug-likeness (QED) is 0.326. The van der Waals surface area contributed by atoms with Crippen LogP contribution in [0, 0.1) is 41.4 Å². The molecule has 0 aromatic carbocycles. The summed E-state index contributed by atoms with van der Waals surface area (Å²) in [5.74, 6) is 6.72. The van der Waals surface area contributed by atoms with Gasteiger partial charge in [-0.25, -0.2) is 0 Å². The van der Waals surface area contributed by atoms with Crippen molar-refractivity contribution in [2.24, 2.45) is 29.1 Å². The van der Waals surface area contributed by atoms with E-state index in [1.54, 1.807) is 0 Å². The largest absolute Gasteiger partial charge is 0.401 e. The summed E-state index contributed by atoms with van der Waals surface area (Å²) in [6, 6.07) is 0. The second kappa shape index (κ2) is 6.00. The van der Waals surface area contributed by atoms with E-state index in [9.17, 15) is 0 Å². The highest BCUT2D eigenvalue weighted by atomic mass is 28.4. The number of terminal acetylenes is 1. The van der Waals surface area contributed by atoms with E-state index >= 15 is 0 Å². The Balaban J connectivity index is 1.64. The van der Waals surface area contributed by atoms with E-state index in [0.29, 0.717) is 0 Å². The molecule has 0 aliphatic heterocycles. The topological polar surface area (TPSA) is 9.23 Å². The Bertz CT molecular complexity index is 609. The van der Waals surface area contributed by atoms with Crippen LogP contribution in [0.1, 0.15) is 64.7 Å². The molecule has 1 nitrogen and oxygen atoms in total. The molecule has 0 spiro atoms. The van der Waals surface area contributed by atoms with Crippen molar-refractivity contribution in [1.29, 1.82) is 0 Å². The molecule has 0 radical (unpaired) electrons. The fourth-order valence-corrected chi connectivity index (χ4v) is 8.70. The molecule has 0 amide bonds. The van der Waals surface area contributed by atoms with Crippen molar-refractivity contribution >= 4 is 8.32 Å². The van der Waals surface area contributed by atoms with E-state index in [0.717, 1.165) is 30.1 Å². The van der Waals surface area contributed by atoms with Gasteiger partial charge in [-0.1, -0.05) is 24.5 Å². The van der Waals surface area contributed by atoms with Crippen molar-refractivity contribution in [2.45, 2.75) is 90.0 Å². The zero-order valence-corrected chi connectivity index (χ0v) is 17.7. The molecule has 0 aromatic rings. The van der Waals surface area contributed by atoms with Crippen molar-refractivity contribution < 1.29 is 4.43 Å². The minimum absolute atomic E-state index is 0.194. The first kappa shape index (κ1) is 17.9. The second-order valence-corrected chi connectivity index (χ2v) is 14.9. The molecule has 0 heterocycles. The lowest BCUT2D eigenvalue weighted by Gasteiger charge is -2.56. The van der Waals surface area contributed by atoms with Gasteiger partial charge in [0.15, 0.2) is 8.32 Å². The summed E-state index contributed by atoms with van der Waals surface area (Å²) < 4.78 is 6.79. The van der Waals surface area contributed by atoms with Crippen molar-refractivity contribution in [2.75, 3.05) is 0 Å². The summed E-state index contributed by atoms with van der Waals surface area (Å²) in [5.41, 5.74) is 1.71. The lowest BCUT2D eigenvalue weighted by molar-refractivity contribution is -0.0771. The minimum atomic E-state index is -1.66. The highest BCUT2D eigenvalue weighted by Gasteiger charge is 2.63. The summed E-state index contributed by atoms with van der Waals surface area (Å²) in [4.78, 5) is 0. The second-order valence-electron chi connectivity index (χ2n) is 10.5. The van der Waals surface area contributed by atoms with Gasteiger partial charge in [0.1, 0.15) is 5.60 Å². The van der Waals surface area contributed by atoms with Crippen LogP contribution >= 0.6 is 0 Å². The lowest BCUT2D eigenvalue weighted by atomic mass is 9.50. The Hall–Kier alpha value is -0.523. The van der Waals surface area contributed by atoms with Gasteiger partial charge in [-0.3, -0.25) is 0 Å². The third-order valence-corrected chi connectivity index (χ3v) is 9.17. The average molecular weight is 357 g/mol. The van der Waals surface area contributed by atoms with Crippen LogP contribution in [0.3, 0.4) is 0 Å². The Morgan fingerprint density at radius 3 is 2.64 bits per heavy atom. The smallest absolute Gasteiger partial charge is 0.185 e. The van der Waals surface area contributed by atoms with Crippen LogP contribution in [0.5, 0.6) is 0 Å². The van der Waals surface area contributed by atoms with Crippen LogP contribution in [0.2, 0.25) is 19.6 Å². The van der Waals surface area contributed by atoms with Gasteiger partial charge >= 0.3 is 0 Å². The van der Waals surface area contributed by atoms with Gasteiger partial charge in [0.05, 0.1) is 0 Å². The van der Waals surface area contributed by atoms with E-state index < -0.39 is 8.32 Å². The molecule has 4 rings (SSSR count). The van der Waals surface area contributed by atoms with Gasteiger partial charge in [-0.05, 0) is 101 Å². The van der Waals surface area contributed by atoms with Gasteiger partial charge in [0.2, 0.25) is 0 Å². The molecule has 0 aromatic heterocycles. The first-order valence-corrected chi connectivity index (χ1v) is 14.1. The van der Waals surface area contributed by atoms with Crippen LogP contribution < -0.4 is 0 Å². The summed E-state index contributed by atoms with van der Waals surface area (Å²) >= 11 is 0. The Morgan fingerprint density at radius 1 is 1.12 bits per heavy atom. The maximum Gasteiger partial charge on any atom is 0.185 e. The summed E-state index contributed by atoms with van der Waals surface area (Å²) in [6.45, 7) is 9.39. The zero-order chi connectivity index (χ0) is 17.9. The number of fused-ring (bicyclic) bond motifs is 5. The van der Waals surface area contributed by atoms with Crippen LogP contribution in [-0.2, 0) is 4.43 Å². The van der Waals surface area contributed by atoms with Crippen LogP contribution in [0.15, 0.2) is 11.6 Å². The number of rotatable bonds is 2. The van der Waals surface area contributed by atoms with Gasteiger partial charge in [-0.15, -0.1) is 6.42 Å². The Labute approximate surface area is 156 Å². The molecule has 0 bridgehead atoms. The molecule has 4 aliphatic carbocycles. The molecule has 0 saturated heterocycles. The number of allylic oxidation sites excluding steroid dienone is 2. The molecular formula is C23H36OSi. The van der Waals surface area contributed by atoms with Crippen molar-refractivity contribution in [3.63, 3.8) is 0 Å². The monoisotopic (exact) mass is 356 g/mol. The van der Waals surface area contributed by atoms with Gasteiger partial charge in [0, 0.05) is 5.41 Å². The molecule has 2 heteroatoms. The zero-order valence-electron chi connectivity index (χ0n) is 16.7. The highest BCUT2D eigenvalue weighted by molar-refractivity contribution is 6.69. The number of hydrogen-bond acceptors (Lipinski definition) is 1.